The van der Waals surface area contributed by atoms with E-state index in [0.29, 0.717) is 22.7 Å². The van der Waals surface area contributed by atoms with Crippen LogP contribution in [0.2, 0.25) is 0 Å². The van der Waals surface area contributed by atoms with Crippen LogP contribution in [0.15, 0.2) is 22.6 Å². The summed E-state index contributed by atoms with van der Waals surface area (Å²) in [7, 11) is 0. The number of benzene rings is 1. The average molecular weight is 187 g/mol. The highest BCUT2D eigenvalue weighted by Gasteiger charge is 2.13. The molecule has 0 aliphatic rings. The molecule has 1 unspecified atom stereocenters. The van der Waals surface area contributed by atoms with Gasteiger partial charge in [0.25, 0.3) is 0 Å². The minimum Gasteiger partial charge on any atom is -0.437 e. The maximum atomic E-state index is 8.70. The van der Waals surface area contributed by atoms with Crippen LogP contribution in [0.1, 0.15) is 18.7 Å². The van der Waals surface area contributed by atoms with Crippen molar-refractivity contribution in [1.82, 2.24) is 4.98 Å². The number of aromatic nitrogens is 1. The summed E-state index contributed by atoms with van der Waals surface area (Å²) >= 11 is 0. The molecule has 0 amide bonds. The smallest absolute Gasteiger partial charge is 0.212 e. The van der Waals surface area contributed by atoms with E-state index in [-0.39, 0.29) is 5.92 Å². The van der Waals surface area contributed by atoms with Gasteiger partial charge in [-0.25, -0.2) is 4.98 Å². The fraction of sp³-hybridized carbons (Fsp3) is 0.200. The summed E-state index contributed by atoms with van der Waals surface area (Å²) in [6.07, 6.45) is 0. The number of nitrogen functional groups attached to an aromatic ring is 1. The van der Waals surface area contributed by atoms with Gasteiger partial charge >= 0.3 is 0 Å². The highest BCUT2D eigenvalue weighted by molar-refractivity contribution is 5.84. The number of para-hydroxylation sites is 1. The number of nitrogens with zero attached hydrogens (tertiary/aromatic N) is 2. The Morgan fingerprint density at radius 3 is 3.00 bits per heavy atom. The van der Waals surface area contributed by atoms with Crippen LogP contribution in [-0.2, 0) is 0 Å². The van der Waals surface area contributed by atoms with Crippen LogP contribution in [-0.4, -0.2) is 4.98 Å². The Kier molecular flexibility index (Phi) is 1.86. The predicted molar refractivity (Wildman–Crippen MR) is 52.4 cm³/mol. The van der Waals surface area contributed by atoms with Crippen molar-refractivity contribution < 1.29 is 4.42 Å². The maximum absolute atomic E-state index is 8.70. The third-order valence-electron chi connectivity index (χ3n) is 2.03. The molecule has 2 aromatic rings. The molecule has 0 bridgehead atoms. The van der Waals surface area contributed by atoms with Crippen LogP contribution in [0.25, 0.3) is 11.1 Å². The zero-order chi connectivity index (χ0) is 10.1. The van der Waals surface area contributed by atoms with Gasteiger partial charge in [-0.1, -0.05) is 6.07 Å². The summed E-state index contributed by atoms with van der Waals surface area (Å²) in [6.45, 7) is 1.74. The van der Waals surface area contributed by atoms with Crippen molar-refractivity contribution in [2.75, 3.05) is 5.73 Å². The number of hydrogen-bond acceptors (Lipinski definition) is 4. The summed E-state index contributed by atoms with van der Waals surface area (Å²) in [4.78, 5) is 4.18. The molecule has 1 aromatic heterocycles. The van der Waals surface area contributed by atoms with Gasteiger partial charge < -0.3 is 10.2 Å². The Labute approximate surface area is 81.0 Å². The van der Waals surface area contributed by atoms with E-state index < -0.39 is 0 Å². The Bertz CT molecular complexity index is 510. The quantitative estimate of drug-likeness (QED) is 0.693. The van der Waals surface area contributed by atoms with E-state index in [9.17, 15) is 0 Å². The minimum atomic E-state index is -0.346. The highest BCUT2D eigenvalue weighted by Crippen LogP contribution is 2.24. The summed E-state index contributed by atoms with van der Waals surface area (Å²) in [6, 6.07) is 7.42. The number of anilines is 1. The molecule has 1 heterocycles. The molecule has 2 N–H and O–H groups in total. The fourth-order valence-electron chi connectivity index (χ4n) is 1.23. The van der Waals surface area contributed by atoms with Crippen molar-refractivity contribution in [1.29, 1.82) is 5.26 Å². The molecule has 1 atom stereocenters. The van der Waals surface area contributed by atoms with E-state index >= 15 is 0 Å². The largest absolute Gasteiger partial charge is 0.437 e. The predicted octanol–water partition coefficient (Wildman–Crippen LogP) is 2.04. The van der Waals surface area contributed by atoms with Crippen LogP contribution in [0.5, 0.6) is 0 Å². The van der Waals surface area contributed by atoms with Gasteiger partial charge in [-0.3, -0.25) is 0 Å². The molecular weight excluding hydrogens is 178 g/mol. The lowest BCUT2D eigenvalue weighted by Gasteiger charge is -1.92. The summed E-state index contributed by atoms with van der Waals surface area (Å²) in [5.74, 6) is 0.0715. The molecule has 4 nitrogen and oxygen atoms in total. The first-order valence-electron chi connectivity index (χ1n) is 4.27. The summed E-state index contributed by atoms with van der Waals surface area (Å²) < 4.78 is 5.39. The van der Waals surface area contributed by atoms with Gasteiger partial charge in [0.2, 0.25) is 5.89 Å². The van der Waals surface area contributed by atoms with Crippen LogP contribution < -0.4 is 5.73 Å². The summed E-state index contributed by atoms with van der Waals surface area (Å²) in [5.41, 5.74) is 7.50. The Morgan fingerprint density at radius 1 is 1.57 bits per heavy atom. The fourth-order valence-corrected chi connectivity index (χ4v) is 1.23. The van der Waals surface area contributed by atoms with Crippen LogP contribution in [0.3, 0.4) is 0 Å². The molecule has 0 fully saturated rings. The molecule has 0 aliphatic heterocycles. The zero-order valence-electron chi connectivity index (χ0n) is 7.69. The third-order valence-corrected chi connectivity index (χ3v) is 2.03. The second kappa shape index (κ2) is 3.04. The Morgan fingerprint density at radius 2 is 2.36 bits per heavy atom. The topological polar surface area (TPSA) is 75.8 Å². The average Bonchev–Trinajstić information content (AvgIpc) is 2.62. The molecule has 1 aromatic carbocycles. The van der Waals surface area contributed by atoms with Crippen LogP contribution in [0.4, 0.5) is 5.69 Å². The van der Waals surface area contributed by atoms with Gasteiger partial charge in [-0.2, -0.15) is 5.26 Å². The molecule has 0 spiro atoms. The number of nitrogens with two attached hydrogens (primary N) is 1. The first-order chi connectivity index (χ1) is 6.72. The molecule has 0 saturated carbocycles. The van der Waals surface area contributed by atoms with Crippen molar-refractivity contribution in [2.24, 2.45) is 0 Å². The van der Waals surface area contributed by atoms with Crippen molar-refractivity contribution in [3.8, 4) is 6.07 Å². The van der Waals surface area contributed by atoms with Crippen molar-refractivity contribution in [3.63, 3.8) is 0 Å². The first kappa shape index (κ1) is 8.57. The number of oxazole rings is 1. The number of nitriles is 1. The lowest BCUT2D eigenvalue weighted by atomic mass is 10.2. The van der Waals surface area contributed by atoms with Gasteiger partial charge in [0.05, 0.1) is 11.8 Å². The number of hydrogen-bond donors (Lipinski definition) is 1. The van der Waals surface area contributed by atoms with Crippen LogP contribution in [0, 0.1) is 11.3 Å². The second-order valence-corrected chi connectivity index (χ2v) is 3.10. The Balaban J connectivity index is 2.64. The molecule has 2 rings (SSSR count). The molecule has 70 valence electrons. The minimum absolute atomic E-state index is 0.346. The van der Waals surface area contributed by atoms with Crippen molar-refractivity contribution in [2.45, 2.75) is 12.8 Å². The van der Waals surface area contributed by atoms with E-state index in [2.05, 4.69) is 11.1 Å². The molecule has 0 aliphatic carbocycles. The van der Waals surface area contributed by atoms with E-state index in [4.69, 9.17) is 15.4 Å². The third kappa shape index (κ3) is 1.19. The van der Waals surface area contributed by atoms with Gasteiger partial charge in [0.15, 0.2) is 5.58 Å². The van der Waals surface area contributed by atoms with E-state index in [1.54, 1.807) is 19.1 Å². The standard InChI is InChI=1S/C10H9N3O/c1-6(5-11)10-13-8-4-2-3-7(12)9(8)14-10/h2-4,6H,12H2,1H3. The van der Waals surface area contributed by atoms with Crippen molar-refractivity contribution in [3.05, 3.63) is 24.1 Å². The molecule has 0 radical (unpaired) electrons. The van der Waals surface area contributed by atoms with Gasteiger partial charge in [-0.15, -0.1) is 0 Å². The normalized spacial score (nSPS) is 12.6. The SMILES string of the molecule is CC(C#N)c1nc2cccc(N)c2o1. The monoisotopic (exact) mass is 187 g/mol. The van der Waals surface area contributed by atoms with E-state index in [1.165, 1.54) is 0 Å². The van der Waals surface area contributed by atoms with E-state index in [1.807, 2.05) is 6.07 Å². The molecule has 4 heteroatoms. The summed E-state index contributed by atoms with van der Waals surface area (Å²) in [5, 5.41) is 8.70. The number of rotatable bonds is 1. The van der Waals surface area contributed by atoms with Gasteiger partial charge in [0.1, 0.15) is 11.4 Å². The lowest BCUT2D eigenvalue weighted by Crippen LogP contribution is -1.87. The van der Waals surface area contributed by atoms with Crippen molar-refractivity contribution >= 4 is 16.8 Å². The maximum Gasteiger partial charge on any atom is 0.212 e. The first-order valence-corrected chi connectivity index (χ1v) is 4.27. The van der Waals surface area contributed by atoms with Crippen LogP contribution >= 0.6 is 0 Å². The molecule has 0 saturated heterocycles. The highest BCUT2D eigenvalue weighted by atomic mass is 16.3. The zero-order valence-corrected chi connectivity index (χ0v) is 7.69. The second-order valence-electron chi connectivity index (χ2n) is 3.10. The van der Waals surface area contributed by atoms with Gasteiger partial charge in [0, 0.05) is 0 Å². The molecular formula is C10H9N3O. The lowest BCUT2D eigenvalue weighted by molar-refractivity contribution is 0.521. The Hall–Kier alpha value is -2.02. The van der Waals surface area contributed by atoms with Gasteiger partial charge in [-0.05, 0) is 19.1 Å². The number of fused-ring (bicyclic) bond motifs is 1. The van der Waals surface area contributed by atoms with E-state index in [0.717, 1.165) is 0 Å². The molecule has 14 heavy (non-hydrogen) atoms.